The molecule has 1 aromatic carbocycles. The smallest absolute Gasteiger partial charge is 0.273 e. The molecule has 0 saturated heterocycles. The average molecular weight is 303 g/mol. The van der Waals surface area contributed by atoms with Crippen molar-refractivity contribution in [3.05, 3.63) is 23.2 Å². The van der Waals surface area contributed by atoms with E-state index in [2.05, 4.69) is 10.2 Å². The number of benzene rings is 1. The first kappa shape index (κ1) is 13.8. The van der Waals surface area contributed by atoms with E-state index in [1.165, 1.54) is 18.7 Å². The van der Waals surface area contributed by atoms with E-state index in [1.807, 2.05) is 0 Å². The lowest BCUT2D eigenvalue weighted by atomic mass is 10.2. The number of hydrogen-bond donors (Lipinski definition) is 1. The van der Waals surface area contributed by atoms with Crippen molar-refractivity contribution in [2.75, 3.05) is 7.11 Å². The molecular formula is C10H11ClN4O3S. The topological polar surface area (TPSA) is 100 Å². The molecular weight excluding hydrogens is 292 g/mol. The lowest BCUT2D eigenvalue weighted by molar-refractivity contribution is 0.416. The molecule has 102 valence electrons. The maximum absolute atomic E-state index is 11.3. The number of methoxy groups -OCH3 is 1. The maximum atomic E-state index is 11.3. The summed E-state index contributed by atoms with van der Waals surface area (Å²) in [5.41, 5.74) is 0.566. The van der Waals surface area contributed by atoms with Crippen molar-refractivity contribution < 1.29 is 13.2 Å². The number of sulfonamides is 1. The Morgan fingerprint density at radius 3 is 2.58 bits per heavy atom. The lowest BCUT2D eigenvalue weighted by Gasteiger charge is -2.08. The van der Waals surface area contributed by atoms with Crippen molar-refractivity contribution in [2.45, 2.75) is 5.16 Å². The minimum Gasteiger partial charge on any atom is -0.496 e. The molecule has 9 heteroatoms. The van der Waals surface area contributed by atoms with Crippen molar-refractivity contribution in [3.63, 3.8) is 0 Å². The van der Waals surface area contributed by atoms with Gasteiger partial charge in [-0.05, 0) is 18.2 Å². The normalized spacial score (nSPS) is 11.6. The third-order valence-corrected chi connectivity index (χ3v) is 3.59. The summed E-state index contributed by atoms with van der Waals surface area (Å²) >= 11 is 5.86. The van der Waals surface area contributed by atoms with Crippen molar-refractivity contribution in [3.8, 4) is 17.1 Å². The standard InChI is InChI=1S/C10H11ClN4O3S/c1-15-9(13-14-10(15)19(12,16)17)7-4-3-6(11)5-8(7)18-2/h3-5H,1-2H3,(H2,12,16,17). The molecule has 0 aliphatic heterocycles. The molecule has 0 atom stereocenters. The van der Waals surface area contributed by atoms with Crippen LogP contribution >= 0.6 is 11.6 Å². The van der Waals surface area contributed by atoms with Crippen molar-refractivity contribution in [1.29, 1.82) is 0 Å². The fourth-order valence-corrected chi connectivity index (χ4v) is 2.43. The van der Waals surface area contributed by atoms with Crippen LogP contribution in [0.15, 0.2) is 23.4 Å². The number of aromatic nitrogens is 3. The SMILES string of the molecule is COc1cc(Cl)ccc1-c1nnc(S(N)(=O)=O)n1C. The second-order valence-electron chi connectivity index (χ2n) is 3.75. The summed E-state index contributed by atoms with van der Waals surface area (Å²) < 4.78 is 29.1. The van der Waals surface area contributed by atoms with E-state index in [-0.39, 0.29) is 5.16 Å². The second-order valence-corrected chi connectivity index (χ2v) is 5.65. The Bertz CT molecular complexity index is 726. The predicted octanol–water partition coefficient (Wildman–Crippen LogP) is 0.792. The number of nitrogens with two attached hydrogens (primary N) is 1. The van der Waals surface area contributed by atoms with Crippen LogP contribution in [0.4, 0.5) is 0 Å². The number of halogens is 1. The summed E-state index contributed by atoms with van der Waals surface area (Å²) in [5, 5.41) is 12.6. The highest BCUT2D eigenvalue weighted by Gasteiger charge is 2.21. The number of ether oxygens (including phenoxy) is 1. The van der Waals surface area contributed by atoms with Gasteiger partial charge in [0.15, 0.2) is 5.82 Å². The quantitative estimate of drug-likeness (QED) is 0.903. The zero-order valence-electron chi connectivity index (χ0n) is 10.2. The molecule has 19 heavy (non-hydrogen) atoms. The minimum absolute atomic E-state index is 0.317. The van der Waals surface area contributed by atoms with Crippen LogP contribution in [0.3, 0.4) is 0 Å². The Morgan fingerprint density at radius 2 is 2.05 bits per heavy atom. The summed E-state index contributed by atoms with van der Waals surface area (Å²) in [5.74, 6) is 0.779. The highest BCUT2D eigenvalue weighted by atomic mass is 35.5. The molecule has 7 nitrogen and oxygen atoms in total. The maximum Gasteiger partial charge on any atom is 0.273 e. The first-order valence-electron chi connectivity index (χ1n) is 5.10. The van der Waals surface area contributed by atoms with Crippen LogP contribution < -0.4 is 9.88 Å². The van der Waals surface area contributed by atoms with Gasteiger partial charge in [0.2, 0.25) is 0 Å². The van der Waals surface area contributed by atoms with Crippen LogP contribution in [0.25, 0.3) is 11.4 Å². The van der Waals surface area contributed by atoms with Crippen molar-refractivity contribution in [1.82, 2.24) is 14.8 Å². The van der Waals surface area contributed by atoms with E-state index >= 15 is 0 Å². The number of rotatable bonds is 3. The fourth-order valence-electron chi connectivity index (χ4n) is 1.65. The van der Waals surface area contributed by atoms with Gasteiger partial charge < -0.3 is 4.74 Å². The molecule has 0 radical (unpaired) electrons. The third-order valence-electron chi connectivity index (χ3n) is 2.49. The van der Waals surface area contributed by atoms with Crippen LogP contribution in [-0.2, 0) is 17.1 Å². The largest absolute Gasteiger partial charge is 0.496 e. The Morgan fingerprint density at radius 1 is 1.37 bits per heavy atom. The minimum atomic E-state index is -3.93. The molecule has 0 unspecified atom stereocenters. The number of hydrogen-bond acceptors (Lipinski definition) is 5. The summed E-state index contributed by atoms with van der Waals surface area (Å²) in [6.07, 6.45) is 0. The van der Waals surface area contributed by atoms with Gasteiger partial charge in [-0.1, -0.05) is 11.6 Å². The molecule has 1 aromatic heterocycles. The second kappa shape index (κ2) is 4.80. The molecule has 0 fully saturated rings. The summed E-state index contributed by atoms with van der Waals surface area (Å²) in [6.45, 7) is 0. The van der Waals surface area contributed by atoms with Crippen molar-refractivity contribution in [2.24, 2.45) is 12.2 Å². The molecule has 0 saturated carbocycles. The fraction of sp³-hybridized carbons (Fsp3) is 0.200. The third kappa shape index (κ3) is 2.55. The van der Waals surface area contributed by atoms with Gasteiger partial charge in [0.1, 0.15) is 5.75 Å². The highest BCUT2D eigenvalue weighted by molar-refractivity contribution is 7.89. The van der Waals surface area contributed by atoms with Crippen LogP contribution in [0.5, 0.6) is 5.75 Å². The molecule has 1 heterocycles. The van der Waals surface area contributed by atoms with Crippen LogP contribution in [-0.4, -0.2) is 30.3 Å². The van der Waals surface area contributed by atoms with Gasteiger partial charge >= 0.3 is 0 Å². The summed E-state index contributed by atoms with van der Waals surface area (Å²) in [7, 11) is -0.945. The Kier molecular flexibility index (Phi) is 3.48. The highest BCUT2D eigenvalue weighted by Crippen LogP contribution is 2.31. The average Bonchev–Trinajstić information content (AvgIpc) is 2.70. The molecule has 2 rings (SSSR count). The molecule has 0 spiro atoms. The van der Waals surface area contributed by atoms with Gasteiger partial charge in [0, 0.05) is 12.1 Å². The van der Waals surface area contributed by atoms with E-state index in [0.717, 1.165) is 0 Å². The molecule has 2 N–H and O–H groups in total. The van der Waals surface area contributed by atoms with E-state index in [9.17, 15) is 8.42 Å². The molecule has 0 bridgehead atoms. The van der Waals surface area contributed by atoms with Gasteiger partial charge in [-0.3, -0.25) is 4.57 Å². The zero-order valence-corrected chi connectivity index (χ0v) is 11.7. The van der Waals surface area contributed by atoms with Crippen molar-refractivity contribution >= 4 is 21.6 Å². The van der Waals surface area contributed by atoms with E-state index < -0.39 is 10.0 Å². The molecule has 2 aromatic rings. The number of primary sulfonamides is 1. The Hall–Kier alpha value is -1.64. The van der Waals surface area contributed by atoms with E-state index in [1.54, 1.807) is 18.2 Å². The zero-order chi connectivity index (χ0) is 14.2. The van der Waals surface area contributed by atoms with Gasteiger partial charge in [0.05, 0.1) is 12.7 Å². The molecule has 0 amide bonds. The molecule has 0 aliphatic rings. The summed E-state index contributed by atoms with van der Waals surface area (Å²) in [6, 6.07) is 4.91. The lowest BCUT2D eigenvalue weighted by Crippen LogP contribution is -2.17. The van der Waals surface area contributed by atoms with Gasteiger partial charge in [-0.2, -0.15) is 0 Å². The van der Waals surface area contributed by atoms with Crippen LogP contribution in [0, 0.1) is 0 Å². The summed E-state index contributed by atoms with van der Waals surface area (Å²) in [4.78, 5) is 0. The number of nitrogens with zero attached hydrogens (tertiary/aromatic N) is 3. The van der Waals surface area contributed by atoms with Gasteiger partial charge in [-0.15, -0.1) is 10.2 Å². The Labute approximate surface area is 115 Å². The van der Waals surface area contributed by atoms with E-state index in [4.69, 9.17) is 21.5 Å². The van der Waals surface area contributed by atoms with E-state index in [0.29, 0.717) is 22.2 Å². The van der Waals surface area contributed by atoms with Crippen LogP contribution in [0.2, 0.25) is 5.02 Å². The predicted molar refractivity (Wildman–Crippen MR) is 69.4 cm³/mol. The monoisotopic (exact) mass is 302 g/mol. The Balaban J connectivity index is 2.64. The van der Waals surface area contributed by atoms with Crippen LogP contribution in [0.1, 0.15) is 0 Å². The first-order chi connectivity index (χ1) is 8.84. The first-order valence-corrected chi connectivity index (χ1v) is 7.03. The van der Waals surface area contributed by atoms with Gasteiger partial charge in [-0.25, -0.2) is 13.6 Å². The molecule has 0 aliphatic carbocycles. The van der Waals surface area contributed by atoms with Gasteiger partial charge in [0.25, 0.3) is 15.2 Å².